The van der Waals surface area contributed by atoms with Crippen LogP contribution in [0.5, 0.6) is 0 Å². The molecule has 17 heavy (non-hydrogen) atoms. The minimum absolute atomic E-state index is 0.0320. The van der Waals surface area contributed by atoms with E-state index in [9.17, 15) is 14.7 Å². The van der Waals surface area contributed by atoms with Crippen LogP contribution in [-0.4, -0.2) is 34.0 Å². The van der Waals surface area contributed by atoms with E-state index in [1.165, 1.54) is 0 Å². The number of hydrogen-bond donors (Lipinski definition) is 1. The van der Waals surface area contributed by atoms with Gasteiger partial charge in [-0.3, -0.25) is 9.59 Å². The van der Waals surface area contributed by atoms with Crippen molar-refractivity contribution in [1.29, 1.82) is 0 Å². The highest BCUT2D eigenvalue weighted by Gasteiger charge is 2.47. The van der Waals surface area contributed by atoms with Gasteiger partial charge in [-0.2, -0.15) is 0 Å². The van der Waals surface area contributed by atoms with Crippen LogP contribution in [-0.2, 0) is 9.59 Å². The highest BCUT2D eigenvalue weighted by molar-refractivity contribution is 5.86. The fourth-order valence-electron chi connectivity index (χ4n) is 3.14. The largest absolute Gasteiger partial charge is 0.481 e. The Morgan fingerprint density at radius 2 is 1.76 bits per heavy atom. The summed E-state index contributed by atoms with van der Waals surface area (Å²) in [7, 11) is 0. The quantitative estimate of drug-likeness (QED) is 0.819. The fourth-order valence-corrected chi connectivity index (χ4v) is 3.14. The van der Waals surface area contributed by atoms with Crippen LogP contribution in [0.1, 0.15) is 52.4 Å². The van der Waals surface area contributed by atoms with Gasteiger partial charge in [0.2, 0.25) is 5.91 Å². The van der Waals surface area contributed by atoms with Crippen LogP contribution in [0.15, 0.2) is 0 Å². The Bertz CT molecular complexity index is 326. The molecule has 4 nitrogen and oxygen atoms in total. The zero-order chi connectivity index (χ0) is 12.6. The maximum absolute atomic E-state index is 12.2. The molecular formula is C13H21NO3. The number of carbonyl (C=O) groups excluding carboxylic acids is 1. The number of amides is 1. The number of carbonyl (C=O) groups is 2. The maximum Gasteiger partial charge on any atom is 0.310 e. The Labute approximate surface area is 102 Å². The van der Waals surface area contributed by atoms with Gasteiger partial charge in [-0.15, -0.1) is 0 Å². The zero-order valence-corrected chi connectivity index (χ0v) is 10.6. The van der Waals surface area contributed by atoms with E-state index < -0.39 is 11.4 Å². The van der Waals surface area contributed by atoms with Gasteiger partial charge < -0.3 is 10.0 Å². The second-order valence-electron chi connectivity index (χ2n) is 5.69. The number of nitrogens with zero attached hydrogens (tertiary/aromatic N) is 1. The molecule has 0 bridgehead atoms. The molecule has 2 atom stereocenters. The van der Waals surface area contributed by atoms with Gasteiger partial charge in [0.25, 0.3) is 0 Å². The average Bonchev–Trinajstić information content (AvgIpc) is 2.51. The summed E-state index contributed by atoms with van der Waals surface area (Å²) in [4.78, 5) is 25.4. The topological polar surface area (TPSA) is 57.6 Å². The molecule has 2 aliphatic rings. The second-order valence-corrected chi connectivity index (χ2v) is 5.69. The Hall–Kier alpha value is -1.06. The van der Waals surface area contributed by atoms with Gasteiger partial charge in [-0.05, 0) is 39.5 Å². The summed E-state index contributed by atoms with van der Waals surface area (Å²) >= 11 is 0. The van der Waals surface area contributed by atoms with Crippen LogP contribution >= 0.6 is 0 Å². The molecule has 1 aliphatic heterocycles. The van der Waals surface area contributed by atoms with Gasteiger partial charge in [0.15, 0.2) is 0 Å². The molecule has 0 spiro atoms. The first-order chi connectivity index (χ1) is 7.96. The number of likely N-dealkylation sites (tertiary alicyclic amines) is 1. The third kappa shape index (κ3) is 2.05. The lowest BCUT2D eigenvalue weighted by Gasteiger charge is -2.39. The second kappa shape index (κ2) is 4.31. The summed E-state index contributed by atoms with van der Waals surface area (Å²) in [6.45, 7) is 4.10. The number of carboxylic acids is 1. The van der Waals surface area contributed by atoms with Gasteiger partial charge in [-0.25, -0.2) is 0 Å². The van der Waals surface area contributed by atoms with Crippen LogP contribution < -0.4 is 0 Å². The Kier molecular flexibility index (Phi) is 3.15. The van der Waals surface area contributed by atoms with E-state index in [1.807, 2.05) is 4.90 Å². The van der Waals surface area contributed by atoms with Crippen molar-refractivity contribution in [2.75, 3.05) is 0 Å². The third-order valence-corrected chi connectivity index (χ3v) is 4.49. The first kappa shape index (κ1) is 12.4. The molecular weight excluding hydrogens is 218 g/mol. The molecule has 0 aromatic carbocycles. The van der Waals surface area contributed by atoms with Crippen LogP contribution in [0.25, 0.3) is 0 Å². The van der Waals surface area contributed by atoms with Crippen LogP contribution in [0, 0.1) is 5.41 Å². The van der Waals surface area contributed by atoms with Gasteiger partial charge in [-0.1, -0.05) is 6.42 Å². The van der Waals surface area contributed by atoms with Crippen molar-refractivity contribution < 1.29 is 14.7 Å². The molecule has 0 aromatic rings. The van der Waals surface area contributed by atoms with E-state index in [2.05, 4.69) is 13.8 Å². The van der Waals surface area contributed by atoms with Crippen molar-refractivity contribution in [2.45, 2.75) is 64.5 Å². The van der Waals surface area contributed by atoms with Crippen molar-refractivity contribution in [2.24, 2.45) is 5.41 Å². The van der Waals surface area contributed by atoms with Crippen LogP contribution in [0.2, 0.25) is 0 Å². The van der Waals surface area contributed by atoms with Crippen molar-refractivity contribution >= 4 is 11.9 Å². The zero-order valence-electron chi connectivity index (χ0n) is 10.6. The Balaban J connectivity index is 2.03. The lowest BCUT2D eigenvalue weighted by molar-refractivity contribution is -0.160. The molecule has 2 rings (SSSR count). The predicted molar refractivity (Wildman–Crippen MR) is 63.5 cm³/mol. The van der Waals surface area contributed by atoms with E-state index in [0.717, 1.165) is 19.3 Å². The van der Waals surface area contributed by atoms with E-state index in [0.29, 0.717) is 12.8 Å². The molecule has 2 fully saturated rings. The highest BCUT2D eigenvalue weighted by Crippen LogP contribution is 2.45. The van der Waals surface area contributed by atoms with Gasteiger partial charge in [0.05, 0.1) is 5.41 Å². The molecule has 1 saturated heterocycles. The van der Waals surface area contributed by atoms with Gasteiger partial charge in [0.1, 0.15) is 0 Å². The van der Waals surface area contributed by atoms with Crippen molar-refractivity contribution in [3.63, 3.8) is 0 Å². The van der Waals surface area contributed by atoms with E-state index in [1.54, 1.807) is 0 Å². The summed E-state index contributed by atoms with van der Waals surface area (Å²) in [5, 5.41) is 9.24. The molecule has 1 N–H and O–H groups in total. The van der Waals surface area contributed by atoms with Crippen molar-refractivity contribution in [1.82, 2.24) is 4.90 Å². The first-order valence-electron chi connectivity index (χ1n) is 6.51. The van der Waals surface area contributed by atoms with Crippen molar-refractivity contribution in [3.05, 3.63) is 0 Å². The standard InChI is InChI=1S/C13H21NO3/c1-9-4-5-10(2)14(9)11(15)8-13(12(16)17)6-3-7-13/h9-10H,3-8H2,1-2H3,(H,16,17). The van der Waals surface area contributed by atoms with Crippen LogP contribution in [0.4, 0.5) is 0 Å². The Morgan fingerprint density at radius 3 is 2.12 bits per heavy atom. The summed E-state index contributed by atoms with van der Waals surface area (Å²) < 4.78 is 0. The van der Waals surface area contributed by atoms with E-state index in [-0.39, 0.29) is 24.4 Å². The minimum atomic E-state index is -0.795. The molecule has 96 valence electrons. The molecule has 1 heterocycles. The highest BCUT2D eigenvalue weighted by atomic mass is 16.4. The normalized spacial score (nSPS) is 31.1. The Morgan fingerprint density at radius 1 is 1.24 bits per heavy atom. The monoisotopic (exact) mass is 239 g/mol. The number of rotatable bonds is 3. The lowest BCUT2D eigenvalue weighted by atomic mass is 9.66. The number of carboxylic acid groups (broad SMARTS) is 1. The average molecular weight is 239 g/mol. The van der Waals surface area contributed by atoms with E-state index in [4.69, 9.17) is 0 Å². The third-order valence-electron chi connectivity index (χ3n) is 4.49. The fraction of sp³-hybridized carbons (Fsp3) is 0.846. The van der Waals surface area contributed by atoms with Gasteiger partial charge in [0, 0.05) is 18.5 Å². The molecule has 0 aromatic heterocycles. The molecule has 1 saturated carbocycles. The molecule has 0 radical (unpaired) electrons. The molecule has 1 aliphatic carbocycles. The summed E-state index contributed by atoms with van der Waals surface area (Å²) in [6, 6.07) is 0.534. The van der Waals surface area contributed by atoms with E-state index >= 15 is 0 Å². The van der Waals surface area contributed by atoms with Crippen molar-refractivity contribution in [3.8, 4) is 0 Å². The number of hydrogen-bond acceptors (Lipinski definition) is 2. The minimum Gasteiger partial charge on any atom is -0.481 e. The molecule has 4 heteroatoms. The smallest absolute Gasteiger partial charge is 0.310 e. The molecule has 1 amide bonds. The molecule has 2 unspecified atom stereocenters. The SMILES string of the molecule is CC1CCC(C)N1C(=O)CC1(C(=O)O)CCC1. The summed E-state index contributed by atoms with van der Waals surface area (Å²) in [5.41, 5.74) is -0.751. The summed E-state index contributed by atoms with van der Waals surface area (Å²) in [5.74, 6) is -0.763. The van der Waals surface area contributed by atoms with Gasteiger partial charge >= 0.3 is 5.97 Å². The first-order valence-corrected chi connectivity index (χ1v) is 6.51. The number of aliphatic carboxylic acids is 1. The lowest BCUT2D eigenvalue weighted by Crippen LogP contribution is -2.46. The maximum atomic E-state index is 12.2. The van der Waals surface area contributed by atoms with Crippen LogP contribution in [0.3, 0.4) is 0 Å². The summed E-state index contributed by atoms with van der Waals surface area (Å²) in [6.07, 6.45) is 4.51. The predicted octanol–water partition coefficient (Wildman–Crippen LogP) is 2.03.